The molecule has 0 aromatic heterocycles. The van der Waals surface area contributed by atoms with E-state index in [1.807, 2.05) is 6.92 Å². The summed E-state index contributed by atoms with van der Waals surface area (Å²) in [5, 5.41) is 11.5. The molecule has 3 unspecified atom stereocenters. The molecule has 0 spiro atoms. The standard InChI is InChI=1S/C17H25N3O3S/c1-2-11-7-8-13(10-16(11)24(18,22)23)19-17(21)15-9-12-5-3-4-6-14(12)20-15/h7-8,10,12,14-15,20H,2-6,9H2,1H3,(H,19,21)(H2,18,22,23). The molecule has 7 heteroatoms. The lowest BCUT2D eigenvalue weighted by molar-refractivity contribution is -0.117. The zero-order valence-corrected chi connectivity index (χ0v) is 14.7. The zero-order valence-electron chi connectivity index (χ0n) is 13.9. The molecule has 3 rings (SSSR count). The first-order chi connectivity index (χ1) is 11.4. The number of sulfonamides is 1. The summed E-state index contributed by atoms with van der Waals surface area (Å²) in [5.74, 6) is 0.478. The normalized spacial score (nSPS) is 26.8. The number of aryl methyl sites for hydroxylation is 1. The van der Waals surface area contributed by atoms with Crippen molar-refractivity contribution in [1.29, 1.82) is 0 Å². The lowest BCUT2D eigenvalue weighted by atomic mass is 9.85. The van der Waals surface area contributed by atoms with Crippen molar-refractivity contribution in [2.45, 2.75) is 62.4 Å². The second-order valence-corrected chi connectivity index (χ2v) is 8.35. The number of carbonyl (C=O) groups excluding carboxylic acids is 1. The summed E-state index contributed by atoms with van der Waals surface area (Å²) in [7, 11) is -3.81. The average molecular weight is 351 g/mol. The predicted octanol–water partition coefficient (Wildman–Crippen LogP) is 1.76. The highest BCUT2D eigenvalue weighted by atomic mass is 32.2. The Morgan fingerprint density at radius 1 is 1.33 bits per heavy atom. The van der Waals surface area contributed by atoms with Gasteiger partial charge < -0.3 is 10.6 Å². The largest absolute Gasteiger partial charge is 0.325 e. The Morgan fingerprint density at radius 3 is 2.75 bits per heavy atom. The van der Waals surface area contributed by atoms with Gasteiger partial charge in [-0.1, -0.05) is 25.8 Å². The maximum absolute atomic E-state index is 12.5. The summed E-state index contributed by atoms with van der Waals surface area (Å²) in [6, 6.07) is 5.12. The van der Waals surface area contributed by atoms with Crippen LogP contribution < -0.4 is 15.8 Å². The van der Waals surface area contributed by atoms with Gasteiger partial charge in [-0.2, -0.15) is 0 Å². The molecule has 1 heterocycles. The van der Waals surface area contributed by atoms with Crippen LogP contribution in [-0.4, -0.2) is 26.4 Å². The SMILES string of the molecule is CCc1ccc(NC(=O)C2CC3CCCCC3N2)cc1S(N)(=O)=O. The number of fused-ring (bicyclic) bond motifs is 1. The van der Waals surface area contributed by atoms with E-state index in [1.54, 1.807) is 12.1 Å². The number of carbonyl (C=O) groups is 1. The number of nitrogens with one attached hydrogen (secondary N) is 2. The fourth-order valence-electron chi connectivity index (χ4n) is 3.94. The first-order valence-electron chi connectivity index (χ1n) is 8.61. The van der Waals surface area contributed by atoms with Gasteiger partial charge in [0.25, 0.3) is 0 Å². The molecule has 0 radical (unpaired) electrons. The average Bonchev–Trinajstić information content (AvgIpc) is 2.98. The van der Waals surface area contributed by atoms with Crippen LogP contribution >= 0.6 is 0 Å². The van der Waals surface area contributed by atoms with Gasteiger partial charge in [0.1, 0.15) is 0 Å². The lowest BCUT2D eigenvalue weighted by Crippen LogP contribution is -2.39. The van der Waals surface area contributed by atoms with E-state index >= 15 is 0 Å². The number of hydrogen-bond acceptors (Lipinski definition) is 4. The molecule has 3 atom stereocenters. The van der Waals surface area contributed by atoms with Crippen molar-refractivity contribution in [2.75, 3.05) is 5.32 Å². The quantitative estimate of drug-likeness (QED) is 0.769. The molecule has 132 valence electrons. The predicted molar refractivity (Wildman–Crippen MR) is 93.1 cm³/mol. The molecular weight excluding hydrogens is 326 g/mol. The van der Waals surface area contributed by atoms with Gasteiger partial charge in [0.05, 0.1) is 10.9 Å². The van der Waals surface area contributed by atoms with Gasteiger partial charge in [-0.25, -0.2) is 13.6 Å². The van der Waals surface area contributed by atoms with Gasteiger partial charge in [0, 0.05) is 11.7 Å². The maximum Gasteiger partial charge on any atom is 0.241 e. The molecule has 1 aliphatic carbocycles. The summed E-state index contributed by atoms with van der Waals surface area (Å²) < 4.78 is 23.5. The van der Waals surface area contributed by atoms with E-state index in [0.29, 0.717) is 29.6 Å². The third kappa shape index (κ3) is 3.63. The highest BCUT2D eigenvalue weighted by Gasteiger charge is 2.38. The summed E-state index contributed by atoms with van der Waals surface area (Å²) in [6.07, 6.45) is 6.20. The zero-order chi connectivity index (χ0) is 17.3. The highest BCUT2D eigenvalue weighted by molar-refractivity contribution is 7.89. The molecule has 2 fully saturated rings. The van der Waals surface area contributed by atoms with Crippen LogP contribution in [0.15, 0.2) is 23.1 Å². The van der Waals surface area contributed by atoms with Crippen LogP contribution in [0, 0.1) is 5.92 Å². The third-order valence-electron chi connectivity index (χ3n) is 5.20. The van der Waals surface area contributed by atoms with Crippen molar-refractivity contribution in [3.05, 3.63) is 23.8 Å². The molecule has 4 N–H and O–H groups in total. The summed E-state index contributed by atoms with van der Waals surface area (Å²) in [4.78, 5) is 12.6. The summed E-state index contributed by atoms with van der Waals surface area (Å²) in [5.41, 5.74) is 1.12. The third-order valence-corrected chi connectivity index (χ3v) is 6.19. The number of anilines is 1. The number of amides is 1. The van der Waals surface area contributed by atoms with E-state index in [0.717, 1.165) is 12.8 Å². The van der Waals surface area contributed by atoms with E-state index in [9.17, 15) is 13.2 Å². The molecule has 1 aromatic carbocycles. The van der Waals surface area contributed by atoms with E-state index in [2.05, 4.69) is 10.6 Å². The van der Waals surface area contributed by atoms with Crippen LogP contribution in [0.25, 0.3) is 0 Å². The minimum atomic E-state index is -3.81. The van der Waals surface area contributed by atoms with Gasteiger partial charge in [-0.15, -0.1) is 0 Å². The number of primary sulfonamides is 1. The van der Waals surface area contributed by atoms with Crippen LogP contribution in [0.2, 0.25) is 0 Å². The monoisotopic (exact) mass is 351 g/mol. The number of nitrogens with two attached hydrogens (primary N) is 1. The molecule has 0 bridgehead atoms. The fourth-order valence-corrected chi connectivity index (χ4v) is 4.81. The van der Waals surface area contributed by atoms with Crippen molar-refractivity contribution in [3.63, 3.8) is 0 Å². The number of hydrogen-bond donors (Lipinski definition) is 3. The Balaban J connectivity index is 1.73. The van der Waals surface area contributed by atoms with E-state index in [1.165, 1.54) is 25.3 Å². The van der Waals surface area contributed by atoms with Crippen molar-refractivity contribution in [1.82, 2.24) is 5.32 Å². The Morgan fingerprint density at radius 2 is 2.08 bits per heavy atom. The Hall–Kier alpha value is -1.44. The Bertz CT molecular complexity index is 719. The molecule has 1 saturated carbocycles. The van der Waals surface area contributed by atoms with Gasteiger partial charge in [-0.3, -0.25) is 4.79 Å². The lowest BCUT2D eigenvalue weighted by Gasteiger charge is -2.24. The second-order valence-electron chi connectivity index (χ2n) is 6.82. The molecule has 24 heavy (non-hydrogen) atoms. The maximum atomic E-state index is 12.5. The molecule has 2 aliphatic rings. The smallest absolute Gasteiger partial charge is 0.241 e. The topological polar surface area (TPSA) is 101 Å². The minimum Gasteiger partial charge on any atom is -0.325 e. The molecule has 1 aliphatic heterocycles. The summed E-state index contributed by atoms with van der Waals surface area (Å²) in [6.45, 7) is 1.87. The first-order valence-corrected chi connectivity index (χ1v) is 10.2. The van der Waals surface area contributed by atoms with Crippen molar-refractivity contribution >= 4 is 21.6 Å². The van der Waals surface area contributed by atoms with Gasteiger partial charge in [0.15, 0.2) is 0 Å². The van der Waals surface area contributed by atoms with Crippen LogP contribution in [0.3, 0.4) is 0 Å². The van der Waals surface area contributed by atoms with Crippen molar-refractivity contribution in [2.24, 2.45) is 11.1 Å². The van der Waals surface area contributed by atoms with Crippen molar-refractivity contribution in [3.8, 4) is 0 Å². The Labute approximate surface area is 143 Å². The van der Waals surface area contributed by atoms with Crippen LogP contribution in [-0.2, 0) is 21.2 Å². The van der Waals surface area contributed by atoms with Crippen LogP contribution in [0.4, 0.5) is 5.69 Å². The molecule has 1 aromatic rings. The van der Waals surface area contributed by atoms with Crippen molar-refractivity contribution < 1.29 is 13.2 Å². The van der Waals surface area contributed by atoms with E-state index in [4.69, 9.17) is 5.14 Å². The second kappa shape index (κ2) is 6.82. The molecular formula is C17H25N3O3S. The molecule has 6 nitrogen and oxygen atoms in total. The van der Waals surface area contributed by atoms with E-state index < -0.39 is 10.0 Å². The van der Waals surface area contributed by atoms with Gasteiger partial charge >= 0.3 is 0 Å². The van der Waals surface area contributed by atoms with E-state index in [-0.39, 0.29) is 16.8 Å². The van der Waals surface area contributed by atoms with Crippen LogP contribution in [0.1, 0.15) is 44.6 Å². The highest BCUT2D eigenvalue weighted by Crippen LogP contribution is 2.33. The van der Waals surface area contributed by atoms with Gasteiger partial charge in [0.2, 0.25) is 15.9 Å². The van der Waals surface area contributed by atoms with Gasteiger partial charge in [-0.05, 0) is 49.3 Å². The fraction of sp³-hybridized carbons (Fsp3) is 0.588. The summed E-state index contributed by atoms with van der Waals surface area (Å²) >= 11 is 0. The number of benzene rings is 1. The first kappa shape index (κ1) is 17.4. The number of rotatable bonds is 4. The Kier molecular flexibility index (Phi) is 4.94. The van der Waals surface area contributed by atoms with Crippen LogP contribution in [0.5, 0.6) is 0 Å². The molecule has 1 amide bonds. The molecule has 1 saturated heterocycles. The minimum absolute atomic E-state index is 0.0795.